The number of aryl methyl sites for hydroxylation is 1. The summed E-state index contributed by atoms with van der Waals surface area (Å²) in [6.07, 6.45) is 8.78. The van der Waals surface area contributed by atoms with E-state index in [-0.39, 0.29) is 0 Å². The number of hydrogen-bond donors (Lipinski definition) is 1. The van der Waals surface area contributed by atoms with Gasteiger partial charge in [0.05, 0.1) is 5.69 Å². The molecule has 0 heterocycles. The third kappa shape index (κ3) is 5.89. The Morgan fingerprint density at radius 3 is 2.86 bits per heavy atom. The van der Waals surface area contributed by atoms with E-state index in [1.807, 2.05) is 42.8 Å². The van der Waals surface area contributed by atoms with Crippen LogP contribution in [0.5, 0.6) is 0 Å². The van der Waals surface area contributed by atoms with Gasteiger partial charge in [0.1, 0.15) is 6.34 Å². The fourth-order valence-corrected chi connectivity index (χ4v) is 3.41. The van der Waals surface area contributed by atoms with E-state index >= 15 is 0 Å². The van der Waals surface area contributed by atoms with Crippen LogP contribution in [0.3, 0.4) is 0 Å². The molecule has 2 rings (SSSR count). The first-order valence-electron chi connectivity index (χ1n) is 7.58. The monoisotopic (exact) mass is 325 g/mol. The second kappa shape index (κ2) is 8.66. The molecule has 1 aliphatic rings. The van der Waals surface area contributed by atoms with Crippen LogP contribution in [0, 0.1) is 12.8 Å². The summed E-state index contributed by atoms with van der Waals surface area (Å²) in [6.45, 7) is 3.11. The van der Waals surface area contributed by atoms with Crippen LogP contribution < -0.4 is 4.72 Å². The largest absolute Gasteiger partial charge is 0.297 e. The van der Waals surface area contributed by atoms with Crippen molar-refractivity contribution in [3.63, 3.8) is 0 Å². The van der Waals surface area contributed by atoms with Gasteiger partial charge in [0.2, 0.25) is 0 Å². The number of aliphatic imine (C=N–C) groups is 1. The minimum Gasteiger partial charge on any atom is -0.297 e. The minimum atomic E-state index is 0.753. The zero-order valence-corrected chi connectivity index (χ0v) is 14.4. The molecule has 0 bridgehead atoms. The van der Waals surface area contributed by atoms with Gasteiger partial charge in [-0.15, -0.1) is 0 Å². The zero-order chi connectivity index (χ0) is 15.1. The van der Waals surface area contributed by atoms with Crippen molar-refractivity contribution in [2.24, 2.45) is 10.9 Å². The van der Waals surface area contributed by atoms with Crippen LogP contribution in [0.1, 0.15) is 37.7 Å². The van der Waals surface area contributed by atoms with Gasteiger partial charge >= 0.3 is 0 Å². The second-order valence-electron chi connectivity index (χ2n) is 5.67. The van der Waals surface area contributed by atoms with Crippen molar-refractivity contribution in [2.75, 3.05) is 13.6 Å². The van der Waals surface area contributed by atoms with Crippen molar-refractivity contribution in [3.8, 4) is 0 Å². The second-order valence-corrected chi connectivity index (χ2v) is 7.15. The van der Waals surface area contributed by atoms with Gasteiger partial charge in [-0.25, -0.2) is 9.71 Å². The Kier molecular flexibility index (Phi) is 6.87. The molecule has 116 valence electrons. The number of benzene rings is 1. The van der Waals surface area contributed by atoms with E-state index in [4.69, 9.17) is 11.6 Å². The molecule has 0 unspecified atom stereocenters. The fourth-order valence-electron chi connectivity index (χ4n) is 2.58. The molecule has 3 nitrogen and oxygen atoms in total. The van der Waals surface area contributed by atoms with Crippen molar-refractivity contribution >= 4 is 35.8 Å². The highest BCUT2D eigenvalue weighted by Crippen LogP contribution is 2.24. The molecule has 0 aliphatic heterocycles. The molecular formula is C16H24ClN3S. The van der Waals surface area contributed by atoms with Crippen LogP contribution in [0.25, 0.3) is 0 Å². The number of rotatable bonds is 6. The predicted molar refractivity (Wildman–Crippen MR) is 94.3 cm³/mol. The Morgan fingerprint density at radius 2 is 2.14 bits per heavy atom. The Balaban J connectivity index is 1.73. The minimum absolute atomic E-state index is 0.753. The predicted octanol–water partition coefficient (Wildman–Crippen LogP) is 4.97. The molecule has 0 aromatic heterocycles. The molecule has 1 N–H and O–H groups in total. The molecule has 0 spiro atoms. The lowest BCUT2D eigenvalue weighted by atomic mass is 9.90. The topological polar surface area (TPSA) is 27.6 Å². The van der Waals surface area contributed by atoms with Crippen LogP contribution in [0.2, 0.25) is 5.02 Å². The van der Waals surface area contributed by atoms with Crippen molar-refractivity contribution < 1.29 is 0 Å². The fraction of sp³-hybridized carbons (Fsp3) is 0.562. The van der Waals surface area contributed by atoms with E-state index in [2.05, 4.69) is 9.71 Å². The van der Waals surface area contributed by atoms with Crippen molar-refractivity contribution in [1.29, 1.82) is 0 Å². The van der Waals surface area contributed by atoms with E-state index in [1.54, 1.807) is 12.1 Å². The molecule has 1 aliphatic carbocycles. The Labute approximate surface area is 137 Å². The Morgan fingerprint density at radius 1 is 1.38 bits per heavy atom. The quantitative estimate of drug-likeness (QED) is 0.454. The molecule has 1 aromatic carbocycles. The van der Waals surface area contributed by atoms with Gasteiger partial charge in [-0.1, -0.05) is 30.9 Å². The maximum Gasteiger partial charge on any atom is 0.102 e. The number of hydrogen-bond acceptors (Lipinski definition) is 3. The number of nitrogens with one attached hydrogen (secondary N) is 1. The molecule has 0 saturated heterocycles. The van der Waals surface area contributed by atoms with Crippen molar-refractivity contribution in [3.05, 3.63) is 28.8 Å². The van der Waals surface area contributed by atoms with Crippen LogP contribution in [-0.4, -0.2) is 24.2 Å². The molecule has 21 heavy (non-hydrogen) atoms. The first-order chi connectivity index (χ1) is 10.1. The molecule has 1 aromatic rings. The average Bonchev–Trinajstić information content (AvgIpc) is 2.47. The molecule has 0 atom stereocenters. The summed E-state index contributed by atoms with van der Waals surface area (Å²) in [5, 5.41) is 0.753. The summed E-state index contributed by atoms with van der Waals surface area (Å²) in [5.74, 6) is 0.843. The van der Waals surface area contributed by atoms with Gasteiger partial charge in [0.15, 0.2) is 0 Å². The molecule has 1 fully saturated rings. The Bertz CT molecular complexity index is 473. The third-order valence-electron chi connectivity index (χ3n) is 3.82. The maximum atomic E-state index is 5.95. The molecular weight excluding hydrogens is 302 g/mol. The van der Waals surface area contributed by atoms with Crippen LogP contribution in [0.4, 0.5) is 5.69 Å². The van der Waals surface area contributed by atoms with Gasteiger partial charge in [-0.2, -0.15) is 0 Å². The molecule has 0 radical (unpaired) electrons. The molecule has 0 amide bonds. The van der Waals surface area contributed by atoms with Gasteiger partial charge in [0.25, 0.3) is 0 Å². The highest BCUT2D eigenvalue weighted by atomic mass is 35.5. The van der Waals surface area contributed by atoms with Gasteiger partial charge in [-0.05, 0) is 49.4 Å². The summed E-state index contributed by atoms with van der Waals surface area (Å²) in [4.78, 5) is 4.49. The summed E-state index contributed by atoms with van der Waals surface area (Å²) >= 11 is 7.55. The van der Waals surface area contributed by atoms with Crippen LogP contribution >= 0.6 is 23.7 Å². The van der Waals surface area contributed by atoms with Gasteiger partial charge < -0.3 is 0 Å². The lowest BCUT2D eigenvalue weighted by Gasteiger charge is -2.22. The van der Waals surface area contributed by atoms with E-state index in [0.29, 0.717) is 0 Å². The van der Waals surface area contributed by atoms with E-state index in [1.165, 1.54) is 32.1 Å². The maximum absolute atomic E-state index is 5.95. The summed E-state index contributed by atoms with van der Waals surface area (Å²) in [7, 11) is 2.01. The van der Waals surface area contributed by atoms with E-state index < -0.39 is 0 Å². The lowest BCUT2D eigenvalue weighted by molar-refractivity contribution is 0.359. The lowest BCUT2D eigenvalue weighted by Crippen LogP contribution is -2.23. The average molecular weight is 326 g/mol. The molecule has 5 heteroatoms. The van der Waals surface area contributed by atoms with E-state index in [0.717, 1.165) is 28.7 Å². The number of nitrogens with zero attached hydrogens (tertiary/aromatic N) is 2. The molecule has 1 saturated carbocycles. The van der Waals surface area contributed by atoms with Crippen molar-refractivity contribution in [2.45, 2.75) is 39.0 Å². The zero-order valence-electron chi connectivity index (χ0n) is 12.8. The Hall–Kier alpha value is -0.710. The summed E-state index contributed by atoms with van der Waals surface area (Å²) < 4.78 is 5.44. The normalized spacial score (nSPS) is 16.5. The summed E-state index contributed by atoms with van der Waals surface area (Å²) in [6, 6.07) is 5.75. The smallest absolute Gasteiger partial charge is 0.102 e. The summed E-state index contributed by atoms with van der Waals surface area (Å²) in [5.41, 5.74) is 2.05. The van der Waals surface area contributed by atoms with Crippen LogP contribution in [-0.2, 0) is 0 Å². The highest BCUT2D eigenvalue weighted by Gasteiger charge is 2.12. The van der Waals surface area contributed by atoms with Gasteiger partial charge in [-0.3, -0.25) is 4.31 Å². The standard InChI is InChI=1S/C16H24ClN3S/c1-13-10-15(17)8-9-16(13)18-12-20(2)21-19-11-14-6-4-3-5-7-14/h8-10,12,14,19H,3-7,11H2,1-2H3/b18-12+. The first kappa shape index (κ1) is 16.7. The van der Waals surface area contributed by atoms with Crippen LogP contribution in [0.15, 0.2) is 23.2 Å². The first-order valence-corrected chi connectivity index (χ1v) is 8.73. The SMILES string of the molecule is Cc1cc(Cl)ccc1/N=C/N(C)SNCC1CCCCC1. The third-order valence-corrected chi connectivity index (χ3v) is 4.74. The van der Waals surface area contributed by atoms with E-state index in [9.17, 15) is 0 Å². The van der Waals surface area contributed by atoms with Gasteiger partial charge in [0, 0.05) is 30.7 Å². The number of halogens is 1. The highest BCUT2D eigenvalue weighted by molar-refractivity contribution is 7.95. The van der Waals surface area contributed by atoms with Crippen molar-refractivity contribution in [1.82, 2.24) is 9.03 Å².